The zero-order chi connectivity index (χ0) is 10.7. The molecule has 0 saturated heterocycles. The molecule has 15 heavy (non-hydrogen) atoms. The van der Waals surface area contributed by atoms with Gasteiger partial charge in [-0.05, 0) is 37.8 Å². The van der Waals surface area contributed by atoms with Crippen LogP contribution in [-0.2, 0) is 0 Å². The molecule has 0 aliphatic heterocycles. The first-order valence-electron chi connectivity index (χ1n) is 5.47. The maximum atomic E-state index is 9.37. The van der Waals surface area contributed by atoms with Crippen LogP contribution in [0, 0.1) is 0 Å². The van der Waals surface area contributed by atoms with Gasteiger partial charge in [0.1, 0.15) is 5.75 Å². The molecular weight excluding hydrogens is 190 g/mol. The number of hydrogen-bond donors (Lipinski definition) is 3. The molecule has 3 nitrogen and oxygen atoms in total. The molecule has 1 aromatic carbocycles. The van der Waals surface area contributed by atoms with Crippen molar-refractivity contribution in [2.24, 2.45) is 0 Å². The van der Waals surface area contributed by atoms with Gasteiger partial charge in [-0.1, -0.05) is 6.07 Å². The van der Waals surface area contributed by atoms with Crippen molar-refractivity contribution in [3.8, 4) is 5.75 Å². The zero-order valence-corrected chi connectivity index (χ0v) is 8.69. The number of rotatable bonds is 2. The van der Waals surface area contributed by atoms with Gasteiger partial charge in [-0.3, -0.25) is 0 Å². The molecule has 0 heterocycles. The van der Waals surface area contributed by atoms with Gasteiger partial charge in [-0.15, -0.1) is 0 Å². The van der Waals surface area contributed by atoms with Crippen LogP contribution < -0.4 is 5.32 Å². The largest absolute Gasteiger partial charge is 0.508 e. The molecule has 1 aromatic rings. The van der Waals surface area contributed by atoms with Gasteiger partial charge in [-0.2, -0.15) is 0 Å². The molecule has 1 aliphatic rings. The third kappa shape index (κ3) is 2.86. The van der Waals surface area contributed by atoms with Crippen molar-refractivity contribution in [2.75, 3.05) is 5.32 Å². The van der Waals surface area contributed by atoms with Crippen molar-refractivity contribution < 1.29 is 10.2 Å². The summed E-state index contributed by atoms with van der Waals surface area (Å²) >= 11 is 0. The molecule has 3 N–H and O–H groups in total. The molecule has 1 fully saturated rings. The Morgan fingerprint density at radius 1 is 1.13 bits per heavy atom. The molecule has 0 spiro atoms. The number of nitrogens with one attached hydrogen (secondary N) is 1. The quantitative estimate of drug-likeness (QED) is 0.696. The van der Waals surface area contributed by atoms with Crippen LogP contribution in [0.25, 0.3) is 0 Å². The molecule has 0 radical (unpaired) electrons. The number of hydrogen-bond acceptors (Lipinski definition) is 3. The lowest BCUT2D eigenvalue weighted by Gasteiger charge is -2.27. The summed E-state index contributed by atoms with van der Waals surface area (Å²) in [5, 5.41) is 22.0. The minimum Gasteiger partial charge on any atom is -0.508 e. The molecule has 0 aromatic heterocycles. The van der Waals surface area contributed by atoms with Crippen LogP contribution in [-0.4, -0.2) is 22.4 Å². The van der Waals surface area contributed by atoms with E-state index in [1.165, 1.54) is 0 Å². The summed E-state index contributed by atoms with van der Waals surface area (Å²) in [4.78, 5) is 0. The van der Waals surface area contributed by atoms with E-state index in [1.807, 2.05) is 12.1 Å². The topological polar surface area (TPSA) is 52.5 Å². The number of phenols is 1. The highest BCUT2D eigenvalue weighted by Gasteiger charge is 2.18. The Morgan fingerprint density at radius 3 is 2.53 bits per heavy atom. The Morgan fingerprint density at radius 2 is 1.87 bits per heavy atom. The summed E-state index contributed by atoms with van der Waals surface area (Å²) in [6, 6.07) is 7.59. The first-order chi connectivity index (χ1) is 7.24. The zero-order valence-electron chi connectivity index (χ0n) is 8.69. The van der Waals surface area contributed by atoms with Crippen molar-refractivity contribution in [1.29, 1.82) is 0 Å². The Bertz CT molecular complexity index is 319. The van der Waals surface area contributed by atoms with Crippen LogP contribution >= 0.6 is 0 Å². The fourth-order valence-electron chi connectivity index (χ4n) is 2.05. The molecule has 1 aliphatic carbocycles. The van der Waals surface area contributed by atoms with Crippen LogP contribution in [0.15, 0.2) is 24.3 Å². The molecule has 1 saturated carbocycles. The monoisotopic (exact) mass is 207 g/mol. The minimum absolute atomic E-state index is 0.118. The van der Waals surface area contributed by atoms with Gasteiger partial charge in [0.2, 0.25) is 0 Å². The summed E-state index contributed by atoms with van der Waals surface area (Å²) < 4.78 is 0. The number of benzene rings is 1. The van der Waals surface area contributed by atoms with Crippen LogP contribution in [0.3, 0.4) is 0 Å². The third-order valence-electron chi connectivity index (χ3n) is 2.91. The molecule has 3 heteroatoms. The van der Waals surface area contributed by atoms with E-state index in [1.54, 1.807) is 12.1 Å². The first kappa shape index (κ1) is 10.3. The van der Waals surface area contributed by atoms with Crippen molar-refractivity contribution >= 4 is 5.69 Å². The van der Waals surface area contributed by atoms with Gasteiger partial charge in [0.25, 0.3) is 0 Å². The van der Waals surface area contributed by atoms with E-state index >= 15 is 0 Å². The number of phenolic OH excluding ortho intramolecular Hbond substituents is 1. The van der Waals surface area contributed by atoms with E-state index in [-0.39, 0.29) is 11.9 Å². The fourth-order valence-corrected chi connectivity index (χ4v) is 2.05. The molecular formula is C12H17NO2. The normalized spacial score (nSPS) is 26.2. The minimum atomic E-state index is -0.118. The van der Waals surface area contributed by atoms with Crippen LogP contribution in [0.4, 0.5) is 5.69 Å². The lowest BCUT2D eigenvalue weighted by atomic mass is 9.93. The van der Waals surface area contributed by atoms with Gasteiger partial charge in [0.15, 0.2) is 0 Å². The third-order valence-corrected chi connectivity index (χ3v) is 2.91. The maximum absolute atomic E-state index is 9.37. The van der Waals surface area contributed by atoms with Gasteiger partial charge < -0.3 is 15.5 Å². The second-order valence-electron chi connectivity index (χ2n) is 4.20. The second-order valence-corrected chi connectivity index (χ2v) is 4.20. The Balaban J connectivity index is 1.92. The average molecular weight is 207 g/mol. The Kier molecular flexibility index (Phi) is 3.11. The SMILES string of the molecule is Oc1cccc(NC2CCC(O)CC2)c1. The lowest BCUT2D eigenvalue weighted by Crippen LogP contribution is -2.28. The summed E-state index contributed by atoms with van der Waals surface area (Å²) in [5.74, 6) is 0.288. The van der Waals surface area contributed by atoms with Gasteiger partial charge >= 0.3 is 0 Å². The highest BCUT2D eigenvalue weighted by atomic mass is 16.3. The average Bonchev–Trinajstić information content (AvgIpc) is 2.22. The molecule has 0 amide bonds. The van der Waals surface area contributed by atoms with Crippen molar-refractivity contribution in [1.82, 2.24) is 0 Å². The van der Waals surface area contributed by atoms with E-state index in [0.717, 1.165) is 31.4 Å². The van der Waals surface area contributed by atoms with Crippen LogP contribution in [0.1, 0.15) is 25.7 Å². The number of anilines is 1. The van der Waals surface area contributed by atoms with Crippen molar-refractivity contribution in [3.05, 3.63) is 24.3 Å². The number of aliphatic hydroxyl groups excluding tert-OH is 1. The van der Waals surface area contributed by atoms with Gasteiger partial charge in [0.05, 0.1) is 6.10 Å². The fraction of sp³-hybridized carbons (Fsp3) is 0.500. The predicted molar refractivity (Wildman–Crippen MR) is 60.0 cm³/mol. The van der Waals surface area contributed by atoms with Crippen LogP contribution in [0.5, 0.6) is 5.75 Å². The summed E-state index contributed by atoms with van der Waals surface area (Å²) in [7, 11) is 0. The van der Waals surface area contributed by atoms with Gasteiger partial charge in [-0.25, -0.2) is 0 Å². The maximum Gasteiger partial charge on any atom is 0.117 e. The van der Waals surface area contributed by atoms with Crippen molar-refractivity contribution in [2.45, 2.75) is 37.8 Å². The van der Waals surface area contributed by atoms with E-state index in [4.69, 9.17) is 0 Å². The Labute approximate surface area is 89.8 Å². The van der Waals surface area contributed by atoms with Crippen LogP contribution in [0.2, 0.25) is 0 Å². The molecule has 2 rings (SSSR count). The van der Waals surface area contributed by atoms with Gasteiger partial charge in [0, 0.05) is 17.8 Å². The molecule has 0 bridgehead atoms. The number of aromatic hydroxyl groups is 1. The second kappa shape index (κ2) is 4.53. The Hall–Kier alpha value is -1.22. The van der Waals surface area contributed by atoms with E-state index in [9.17, 15) is 10.2 Å². The molecule has 82 valence electrons. The summed E-state index contributed by atoms with van der Waals surface area (Å²) in [6.45, 7) is 0. The van der Waals surface area contributed by atoms with E-state index in [0.29, 0.717) is 6.04 Å². The summed E-state index contributed by atoms with van der Waals surface area (Å²) in [6.07, 6.45) is 3.62. The predicted octanol–water partition coefficient (Wildman–Crippen LogP) is 2.11. The molecule has 0 unspecified atom stereocenters. The smallest absolute Gasteiger partial charge is 0.117 e. The van der Waals surface area contributed by atoms with Crippen molar-refractivity contribution in [3.63, 3.8) is 0 Å². The van der Waals surface area contributed by atoms with E-state index < -0.39 is 0 Å². The standard InChI is InChI=1S/C12H17NO2/c14-11-6-4-9(5-7-11)13-10-2-1-3-12(15)8-10/h1-3,8-9,11,13-15H,4-7H2. The highest BCUT2D eigenvalue weighted by Crippen LogP contribution is 2.23. The lowest BCUT2D eigenvalue weighted by molar-refractivity contribution is 0.126. The molecule has 0 atom stereocenters. The first-order valence-corrected chi connectivity index (χ1v) is 5.47. The highest BCUT2D eigenvalue weighted by molar-refractivity contribution is 5.48. The summed E-state index contributed by atoms with van der Waals surface area (Å²) in [5.41, 5.74) is 0.955. The van der Waals surface area contributed by atoms with E-state index in [2.05, 4.69) is 5.32 Å². The number of aliphatic hydroxyl groups is 1.